The molecule has 0 aliphatic rings. The van der Waals surface area contributed by atoms with E-state index in [0.717, 1.165) is 9.26 Å². The van der Waals surface area contributed by atoms with Crippen LogP contribution in [0.15, 0.2) is 42.5 Å². The normalized spacial score (nSPS) is 10.5. The molecule has 0 atom stereocenters. The molecule has 0 radical (unpaired) electrons. The number of hydrogen-bond donors (Lipinski definition) is 1. The molecule has 0 heterocycles. The van der Waals surface area contributed by atoms with E-state index in [4.69, 9.17) is 14.2 Å². The van der Waals surface area contributed by atoms with Crippen LogP contribution in [-0.4, -0.2) is 27.2 Å². The zero-order valence-corrected chi connectivity index (χ0v) is 15.8. The minimum absolute atomic E-state index is 0.229. The van der Waals surface area contributed by atoms with Crippen LogP contribution in [0, 0.1) is 3.57 Å². The number of anilines is 1. The third-order valence-corrected chi connectivity index (χ3v) is 3.98. The summed E-state index contributed by atoms with van der Waals surface area (Å²) in [7, 11) is 4.64. The first-order chi connectivity index (χ1) is 11.6. The molecule has 1 amide bonds. The van der Waals surface area contributed by atoms with Crippen LogP contribution in [0.25, 0.3) is 6.08 Å². The van der Waals surface area contributed by atoms with Gasteiger partial charge in [0.05, 0.1) is 21.3 Å². The Labute approximate surface area is 154 Å². The van der Waals surface area contributed by atoms with Crippen molar-refractivity contribution in [2.24, 2.45) is 0 Å². The lowest BCUT2D eigenvalue weighted by atomic mass is 10.1. The molecule has 0 fully saturated rings. The fraction of sp³-hybridized carbons (Fsp3) is 0.167. The minimum Gasteiger partial charge on any atom is -0.493 e. The highest BCUT2D eigenvalue weighted by atomic mass is 127. The highest BCUT2D eigenvalue weighted by Gasteiger charge is 2.14. The smallest absolute Gasteiger partial charge is 0.248 e. The lowest BCUT2D eigenvalue weighted by molar-refractivity contribution is -0.111. The largest absolute Gasteiger partial charge is 0.493 e. The number of methoxy groups -OCH3 is 3. The van der Waals surface area contributed by atoms with Crippen molar-refractivity contribution in [3.05, 3.63) is 51.6 Å². The Hall–Kier alpha value is -2.22. The lowest BCUT2D eigenvalue weighted by Gasteiger charge is -2.13. The van der Waals surface area contributed by atoms with E-state index in [1.54, 1.807) is 32.4 Å². The van der Waals surface area contributed by atoms with Gasteiger partial charge in [-0.15, -0.1) is 0 Å². The van der Waals surface area contributed by atoms with E-state index in [1.807, 2.05) is 24.3 Å². The molecular formula is C18H18INO4. The fourth-order valence-electron chi connectivity index (χ4n) is 2.14. The first-order valence-electron chi connectivity index (χ1n) is 7.12. The van der Waals surface area contributed by atoms with Crippen LogP contribution in [0.5, 0.6) is 17.2 Å². The number of carbonyl (C=O) groups excluding carboxylic acids is 1. The molecule has 5 nitrogen and oxygen atoms in total. The summed E-state index contributed by atoms with van der Waals surface area (Å²) < 4.78 is 17.1. The Bertz CT molecular complexity index is 741. The monoisotopic (exact) mass is 439 g/mol. The van der Waals surface area contributed by atoms with Gasteiger partial charge in [-0.1, -0.05) is 0 Å². The van der Waals surface area contributed by atoms with Crippen LogP contribution in [-0.2, 0) is 4.79 Å². The maximum absolute atomic E-state index is 12.1. The van der Waals surface area contributed by atoms with Gasteiger partial charge in [0.2, 0.25) is 11.7 Å². The molecule has 1 N–H and O–H groups in total. The number of hydrogen-bond acceptors (Lipinski definition) is 4. The first-order valence-corrected chi connectivity index (χ1v) is 8.20. The Morgan fingerprint density at radius 2 is 1.62 bits per heavy atom. The number of carbonyl (C=O) groups is 1. The molecule has 0 unspecified atom stereocenters. The van der Waals surface area contributed by atoms with Gasteiger partial charge in [0.15, 0.2) is 11.5 Å². The number of amides is 1. The van der Waals surface area contributed by atoms with Crippen LogP contribution in [0.4, 0.5) is 5.69 Å². The van der Waals surface area contributed by atoms with Gasteiger partial charge >= 0.3 is 0 Å². The minimum atomic E-state index is -0.229. The predicted molar refractivity (Wildman–Crippen MR) is 103 cm³/mol. The Kier molecular flexibility index (Phi) is 6.48. The van der Waals surface area contributed by atoms with E-state index >= 15 is 0 Å². The number of benzene rings is 2. The van der Waals surface area contributed by atoms with Gasteiger partial charge in [-0.3, -0.25) is 4.79 Å². The van der Waals surface area contributed by atoms with Gasteiger partial charge < -0.3 is 19.5 Å². The Morgan fingerprint density at radius 1 is 0.958 bits per heavy atom. The standard InChI is InChI=1S/C18H18INO4/c1-22-15-10-4-12(17(23-2)18(15)24-3)5-11-16(21)20-14-8-6-13(19)7-9-14/h4-11H,1-3H3,(H,20,21). The van der Waals surface area contributed by atoms with Crippen molar-refractivity contribution in [1.82, 2.24) is 0 Å². The van der Waals surface area contributed by atoms with Crippen LogP contribution in [0.2, 0.25) is 0 Å². The second-order valence-corrected chi connectivity index (χ2v) is 6.00. The molecule has 0 saturated heterocycles. The second kappa shape index (κ2) is 8.58. The molecule has 24 heavy (non-hydrogen) atoms. The average molecular weight is 439 g/mol. The fourth-order valence-corrected chi connectivity index (χ4v) is 2.50. The molecule has 2 aromatic carbocycles. The van der Waals surface area contributed by atoms with Gasteiger partial charge in [-0.2, -0.15) is 0 Å². The summed E-state index contributed by atoms with van der Waals surface area (Å²) >= 11 is 2.21. The third-order valence-electron chi connectivity index (χ3n) is 3.26. The van der Waals surface area contributed by atoms with Crippen LogP contribution in [0.1, 0.15) is 5.56 Å². The Morgan fingerprint density at radius 3 is 2.21 bits per heavy atom. The summed E-state index contributed by atoms with van der Waals surface area (Å²) in [6.07, 6.45) is 3.12. The first kappa shape index (κ1) is 18.1. The summed E-state index contributed by atoms with van der Waals surface area (Å²) in [4.78, 5) is 12.1. The van der Waals surface area contributed by atoms with E-state index in [1.165, 1.54) is 13.2 Å². The number of ether oxygens (including phenoxy) is 3. The zero-order valence-electron chi connectivity index (χ0n) is 13.6. The highest BCUT2D eigenvalue weighted by molar-refractivity contribution is 14.1. The summed E-state index contributed by atoms with van der Waals surface area (Å²) in [5.41, 5.74) is 1.46. The lowest BCUT2D eigenvalue weighted by Crippen LogP contribution is -2.07. The van der Waals surface area contributed by atoms with Crippen LogP contribution < -0.4 is 19.5 Å². The third kappa shape index (κ3) is 4.41. The second-order valence-electron chi connectivity index (χ2n) is 4.75. The Balaban J connectivity index is 2.18. The molecule has 0 aromatic heterocycles. The zero-order chi connectivity index (χ0) is 17.5. The topological polar surface area (TPSA) is 56.8 Å². The highest BCUT2D eigenvalue weighted by Crippen LogP contribution is 2.40. The van der Waals surface area contributed by atoms with Crippen molar-refractivity contribution in [2.45, 2.75) is 0 Å². The van der Waals surface area contributed by atoms with Crippen molar-refractivity contribution in [3.63, 3.8) is 0 Å². The van der Waals surface area contributed by atoms with Gasteiger partial charge in [-0.25, -0.2) is 0 Å². The summed E-state index contributed by atoms with van der Waals surface area (Å²) in [6.45, 7) is 0. The molecule has 0 aliphatic carbocycles. The number of nitrogens with one attached hydrogen (secondary N) is 1. The maximum Gasteiger partial charge on any atom is 0.248 e. The van der Waals surface area contributed by atoms with Crippen molar-refractivity contribution < 1.29 is 19.0 Å². The summed E-state index contributed by atoms with van der Waals surface area (Å²) in [6, 6.07) is 11.1. The van der Waals surface area contributed by atoms with E-state index < -0.39 is 0 Å². The molecule has 2 rings (SSSR count). The van der Waals surface area contributed by atoms with E-state index in [2.05, 4.69) is 27.9 Å². The van der Waals surface area contributed by atoms with E-state index in [-0.39, 0.29) is 5.91 Å². The molecular weight excluding hydrogens is 421 g/mol. The average Bonchev–Trinajstić information content (AvgIpc) is 2.60. The maximum atomic E-state index is 12.1. The van der Waals surface area contributed by atoms with Gasteiger partial charge in [-0.05, 0) is 65.1 Å². The number of halogens is 1. The van der Waals surface area contributed by atoms with Crippen LogP contribution >= 0.6 is 22.6 Å². The molecule has 0 bridgehead atoms. The van der Waals surface area contributed by atoms with Gasteiger partial charge in [0, 0.05) is 20.9 Å². The SMILES string of the molecule is COc1ccc(C=CC(=O)Nc2ccc(I)cc2)c(OC)c1OC. The summed E-state index contributed by atoms with van der Waals surface area (Å²) in [5.74, 6) is 1.33. The van der Waals surface area contributed by atoms with Crippen molar-refractivity contribution in [3.8, 4) is 17.2 Å². The molecule has 0 saturated carbocycles. The quantitative estimate of drug-likeness (QED) is 0.547. The van der Waals surface area contributed by atoms with Crippen LogP contribution in [0.3, 0.4) is 0 Å². The van der Waals surface area contributed by atoms with E-state index in [0.29, 0.717) is 22.8 Å². The van der Waals surface area contributed by atoms with Crippen molar-refractivity contribution in [2.75, 3.05) is 26.6 Å². The van der Waals surface area contributed by atoms with Crippen molar-refractivity contribution in [1.29, 1.82) is 0 Å². The van der Waals surface area contributed by atoms with Crippen molar-refractivity contribution >= 4 is 40.3 Å². The number of rotatable bonds is 6. The predicted octanol–water partition coefficient (Wildman–Crippen LogP) is 3.97. The summed E-state index contributed by atoms with van der Waals surface area (Å²) in [5, 5.41) is 2.80. The van der Waals surface area contributed by atoms with E-state index in [9.17, 15) is 4.79 Å². The van der Waals surface area contributed by atoms with Gasteiger partial charge in [0.25, 0.3) is 0 Å². The molecule has 2 aromatic rings. The molecule has 0 aliphatic heterocycles. The molecule has 6 heteroatoms. The molecule has 0 spiro atoms. The molecule has 126 valence electrons. The van der Waals surface area contributed by atoms with Gasteiger partial charge in [0.1, 0.15) is 0 Å².